The zero-order valence-corrected chi connectivity index (χ0v) is 15.9. The first kappa shape index (κ1) is 18.6. The SMILES string of the molecule is CN(C)Cc1ccc(C2CCCCN2C(=O)CCCc2cn[nH]c2)cc1. The van der Waals surface area contributed by atoms with Gasteiger partial charge in [-0.1, -0.05) is 24.3 Å². The van der Waals surface area contributed by atoms with Crippen molar-refractivity contribution in [1.29, 1.82) is 0 Å². The van der Waals surface area contributed by atoms with E-state index >= 15 is 0 Å². The van der Waals surface area contributed by atoms with Gasteiger partial charge in [0.1, 0.15) is 0 Å². The molecule has 1 aliphatic heterocycles. The van der Waals surface area contributed by atoms with Crippen LogP contribution in [-0.2, 0) is 17.8 Å². The van der Waals surface area contributed by atoms with Crippen LogP contribution in [-0.4, -0.2) is 46.5 Å². The van der Waals surface area contributed by atoms with Crippen LogP contribution >= 0.6 is 0 Å². The lowest BCUT2D eigenvalue weighted by Crippen LogP contribution is -2.38. The third-order valence-electron chi connectivity index (χ3n) is 5.10. The highest BCUT2D eigenvalue weighted by molar-refractivity contribution is 5.76. The Morgan fingerprint density at radius 1 is 1.23 bits per heavy atom. The Hall–Kier alpha value is -2.14. The Balaban J connectivity index is 1.60. The van der Waals surface area contributed by atoms with Crippen LogP contribution < -0.4 is 0 Å². The summed E-state index contributed by atoms with van der Waals surface area (Å²) < 4.78 is 0. The van der Waals surface area contributed by atoms with Gasteiger partial charge in [0.25, 0.3) is 0 Å². The predicted molar refractivity (Wildman–Crippen MR) is 104 cm³/mol. The molecule has 1 atom stereocenters. The summed E-state index contributed by atoms with van der Waals surface area (Å²) in [5, 5.41) is 6.79. The van der Waals surface area contributed by atoms with Crippen LogP contribution in [0.25, 0.3) is 0 Å². The number of benzene rings is 1. The molecule has 5 heteroatoms. The van der Waals surface area contributed by atoms with E-state index in [0.29, 0.717) is 6.42 Å². The van der Waals surface area contributed by atoms with Gasteiger partial charge in [-0.3, -0.25) is 9.89 Å². The minimum absolute atomic E-state index is 0.235. The quantitative estimate of drug-likeness (QED) is 0.827. The standard InChI is InChI=1S/C21H30N4O/c1-24(2)16-17-9-11-19(12-10-17)20-7-3-4-13-25(20)21(26)8-5-6-18-14-22-23-15-18/h9-12,14-15,20H,3-8,13,16H2,1-2H3,(H,22,23). The molecule has 1 aromatic carbocycles. The first-order valence-corrected chi connectivity index (χ1v) is 9.64. The van der Waals surface area contributed by atoms with E-state index < -0.39 is 0 Å². The second kappa shape index (κ2) is 8.99. The molecule has 1 unspecified atom stereocenters. The smallest absolute Gasteiger partial charge is 0.223 e. The van der Waals surface area contributed by atoms with Crippen LogP contribution in [0.3, 0.4) is 0 Å². The minimum Gasteiger partial charge on any atom is -0.336 e. The molecular weight excluding hydrogens is 324 g/mol. The Kier molecular flexibility index (Phi) is 6.45. The van der Waals surface area contributed by atoms with Crippen LogP contribution in [0.2, 0.25) is 0 Å². The van der Waals surface area contributed by atoms with E-state index in [1.165, 1.54) is 23.1 Å². The Morgan fingerprint density at radius 3 is 2.73 bits per heavy atom. The minimum atomic E-state index is 0.235. The number of likely N-dealkylation sites (tertiary alicyclic amines) is 1. The molecule has 1 saturated heterocycles. The van der Waals surface area contributed by atoms with Gasteiger partial charge in [0.2, 0.25) is 5.91 Å². The molecule has 0 spiro atoms. The van der Waals surface area contributed by atoms with Gasteiger partial charge in [0.05, 0.1) is 12.2 Å². The maximum absolute atomic E-state index is 12.8. The average Bonchev–Trinajstić information content (AvgIpc) is 3.15. The monoisotopic (exact) mass is 354 g/mol. The summed E-state index contributed by atoms with van der Waals surface area (Å²) in [7, 11) is 4.16. The van der Waals surface area contributed by atoms with Crippen molar-refractivity contribution in [2.24, 2.45) is 0 Å². The molecule has 1 aliphatic rings. The molecule has 1 amide bonds. The Morgan fingerprint density at radius 2 is 2.04 bits per heavy atom. The number of hydrogen-bond donors (Lipinski definition) is 1. The third-order valence-corrected chi connectivity index (χ3v) is 5.10. The predicted octanol–water partition coefficient (Wildman–Crippen LogP) is 3.55. The number of nitrogens with one attached hydrogen (secondary N) is 1. The fourth-order valence-corrected chi connectivity index (χ4v) is 3.79. The van der Waals surface area contributed by atoms with Crippen LogP contribution in [0.15, 0.2) is 36.7 Å². The number of carbonyl (C=O) groups is 1. The summed E-state index contributed by atoms with van der Waals surface area (Å²) >= 11 is 0. The van der Waals surface area contributed by atoms with E-state index in [-0.39, 0.29) is 11.9 Å². The number of carbonyl (C=O) groups excluding carboxylic acids is 1. The summed E-state index contributed by atoms with van der Waals surface area (Å²) in [6.07, 6.45) is 9.52. The molecule has 1 fully saturated rings. The third kappa shape index (κ3) is 4.94. The van der Waals surface area contributed by atoms with E-state index in [1.807, 2.05) is 12.4 Å². The van der Waals surface area contributed by atoms with Crippen LogP contribution in [0.5, 0.6) is 0 Å². The maximum atomic E-state index is 12.8. The molecule has 5 nitrogen and oxygen atoms in total. The number of piperidine rings is 1. The molecule has 0 bridgehead atoms. The number of H-pyrrole nitrogens is 1. The van der Waals surface area contributed by atoms with Gasteiger partial charge in [-0.2, -0.15) is 5.10 Å². The van der Waals surface area contributed by atoms with Crippen molar-refractivity contribution < 1.29 is 4.79 Å². The highest BCUT2D eigenvalue weighted by atomic mass is 16.2. The van der Waals surface area contributed by atoms with E-state index in [2.05, 4.69) is 58.4 Å². The topological polar surface area (TPSA) is 52.2 Å². The number of hydrogen-bond acceptors (Lipinski definition) is 3. The molecule has 0 radical (unpaired) electrons. The molecule has 2 heterocycles. The van der Waals surface area contributed by atoms with Crippen molar-refractivity contribution >= 4 is 5.91 Å². The van der Waals surface area contributed by atoms with Crippen molar-refractivity contribution in [2.45, 2.75) is 51.1 Å². The van der Waals surface area contributed by atoms with Gasteiger partial charge in [-0.05, 0) is 62.9 Å². The van der Waals surface area contributed by atoms with Gasteiger partial charge in [0, 0.05) is 25.7 Å². The molecule has 140 valence electrons. The van der Waals surface area contributed by atoms with E-state index in [9.17, 15) is 4.79 Å². The lowest BCUT2D eigenvalue weighted by molar-refractivity contribution is -0.135. The highest BCUT2D eigenvalue weighted by Crippen LogP contribution is 2.31. The molecule has 0 saturated carbocycles. The van der Waals surface area contributed by atoms with Crippen LogP contribution in [0.4, 0.5) is 0 Å². The molecule has 1 N–H and O–H groups in total. The number of nitrogens with zero attached hydrogens (tertiary/aromatic N) is 3. The number of rotatable bonds is 7. The number of aromatic amines is 1. The highest BCUT2D eigenvalue weighted by Gasteiger charge is 2.27. The van der Waals surface area contributed by atoms with Crippen molar-refractivity contribution in [3.63, 3.8) is 0 Å². The van der Waals surface area contributed by atoms with Crippen LogP contribution in [0.1, 0.15) is 54.8 Å². The molecule has 1 aromatic heterocycles. The molecule has 3 rings (SSSR count). The van der Waals surface area contributed by atoms with Gasteiger partial charge in [-0.25, -0.2) is 0 Å². The number of amides is 1. The number of aryl methyl sites for hydroxylation is 1. The molecule has 2 aromatic rings. The number of aromatic nitrogens is 2. The summed E-state index contributed by atoms with van der Waals surface area (Å²) in [4.78, 5) is 17.1. The zero-order chi connectivity index (χ0) is 18.4. The largest absolute Gasteiger partial charge is 0.336 e. The lowest BCUT2D eigenvalue weighted by Gasteiger charge is -2.36. The average molecular weight is 354 g/mol. The zero-order valence-electron chi connectivity index (χ0n) is 15.9. The first-order chi connectivity index (χ1) is 12.6. The van der Waals surface area contributed by atoms with Crippen molar-refractivity contribution in [3.05, 3.63) is 53.3 Å². The van der Waals surface area contributed by atoms with E-state index in [4.69, 9.17) is 0 Å². The Labute approximate surface area is 156 Å². The van der Waals surface area contributed by atoms with Gasteiger partial charge in [-0.15, -0.1) is 0 Å². The summed E-state index contributed by atoms with van der Waals surface area (Å²) in [5.41, 5.74) is 3.76. The van der Waals surface area contributed by atoms with E-state index in [0.717, 1.165) is 38.8 Å². The van der Waals surface area contributed by atoms with Gasteiger partial charge >= 0.3 is 0 Å². The second-order valence-corrected chi connectivity index (χ2v) is 7.54. The van der Waals surface area contributed by atoms with Gasteiger partial charge in [0.15, 0.2) is 0 Å². The first-order valence-electron chi connectivity index (χ1n) is 9.64. The van der Waals surface area contributed by atoms with Crippen LogP contribution in [0, 0.1) is 0 Å². The maximum Gasteiger partial charge on any atom is 0.223 e. The molecular formula is C21H30N4O. The summed E-state index contributed by atoms with van der Waals surface area (Å²) in [6, 6.07) is 9.05. The normalized spacial score (nSPS) is 17.7. The van der Waals surface area contributed by atoms with E-state index in [1.54, 1.807) is 0 Å². The fraction of sp³-hybridized carbons (Fsp3) is 0.524. The molecule has 26 heavy (non-hydrogen) atoms. The summed E-state index contributed by atoms with van der Waals surface area (Å²) in [6.45, 7) is 1.83. The fourth-order valence-electron chi connectivity index (χ4n) is 3.79. The molecule has 0 aliphatic carbocycles. The lowest BCUT2D eigenvalue weighted by atomic mass is 9.94. The second-order valence-electron chi connectivity index (χ2n) is 7.54. The van der Waals surface area contributed by atoms with Gasteiger partial charge < -0.3 is 9.80 Å². The summed E-state index contributed by atoms with van der Waals surface area (Å²) in [5.74, 6) is 0.288. The van der Waals surface area contributed by atoms with Crippen molar-refractivity contribution in [1.82, 2.24) is 20.0 Å². The Bertz CT molecular complexity index is 679. The van der Waals surface area contributed by atoms with Crippen molar-refractivity contribution in [2.75, 3.05) is 20.6 Å². The van der Waals surface area contributed by atoms with Crippen molar-refractivity contribution in [3.8, 4) is 0 Å².